The molecule has 1 amide bonds. The first kappa shape index (κ1) is 15.2. The summed E-state index contributed by atoms with van der Waals surface area (Å²) in [6.45, 7) is 6.14. The summed E-state index contributed by atoms with van der Waals surface area (Å²) >= 11 is 0. The van der Waals surface area contributed by atoms with Crippen molar-refractivity contribution in [2.24, 2.45) is 0 Å². The van der Waals surface area contributed by atoms with Crippen LogP contribution < -0.4 is 5.32 Å². The van der Waals surface area contributed by atoms with E-state index < -0.39 is 0 Å². The van der Waals surface area contributed by atoms with Crippen LogP contribution in [0.25, 0.3) is 0 Å². The lowest BCUT2D eigenvalue weighted by molar-refractivity contribution is -0.116. The van der Waals surface area contributed by atoms with Gasteiger partial charge in [-0.15, -0.1) is 0 Å². The van der Waals surface area contributed by atoms with E-state index in [1.165, 1.54) is 0 Å². The van der Waals surface area contributed by atoms with Crippen LogP contribution in [0.15, 0.2) is 30.6 Å². The van der Waals surface area contributed by atoms with Crippen LogP contribution in [0.2, 0.25) is 0 Å². The Kier molecular flexibility index (Phi) is 5.09. The largest absolute Gasteiger partial charge is 0.311 e. The summed E-state index contributed by atoms with van der Waals surface area (Å²) in [5.74, 6) is 0.790. The van der Waals surface area contributed by atoms with Gasteiger partial charge in [-0.05, 0) is 44.4 Å². The van der Waals surface area contributed by atoms with Crippen LogP contribution in [0.1, 0.15) is 44.0 Å². The van der Waals surface area contributed by atoms with Crippen LogP contribution in [0, 0.1) is 6.92 Å². The van der Waals surface area contributed by atoms with E-state index in [9.17, 15) is 4.79 Å². The van der Waals surface area contributed by atoms with Gasteiger partial charge in [0.1, 0.15) is 5.82 Å². The molecule has 0 spiro atoms. The van der Waals surface area contributed by atoms with E-state index in [2.05, 4.69) is 29.2 Å². The van der Waals surface area contributed by atoms with Crippen molar-refractivity contribution in [3.63, 3.8) is 0 Å². The summed E-state index contributed by atoms with van der Waals surface area (Å²) in [6.07, 6.45) is 5.63. The number of hydrogen-bond donors (Lipinski definition) is 1. The third kappa shape index (κ3) is 4.15. The number of aromatic nitrogens is 3. The number of nitrogens with zero attached hydrogens (tertiary/aromatic N) is 3. The van der Waals surface area contributed by atoms with Gasteiger partial charge in [-0.25, -0.2) is 4.68 Å². The maximum Gasteiger partial charge on any atom is 0.225 e. The molecule has 2 heterocycles. The summed E-state index contributed by atoms with van der Waals surface area (Å²) in [5.41, 5.74) is 2.03. The lowest BCUT2D eigenvalue weighted by atomic mass is 10.1. The van der Waals surface area contributed by atoms with Gasteiger partial charge in [-0.3, -0.25) is 9.78 Å². The van der Waals surface area contributed by atoms with E-state index in [-0.39, 0.29) is 11.9 Å². The third-order valence-electron chi connectivity index (χ3n) is 3.52. The third-order valence-corrected chi connectivity index (χ3v) is 3.52. The van der Waals surface area contributed by atoms with E-state index in [4.69, 9.17) is 0 Å². The maximum absolute atomic E-state index is 12.1. The topological polar surface area (TPSA) is 59.8 Å². The molecule has 0 radical (unpaired) electrons. The monoisotopic (exact) mass is 286 g/mol. The molecule has 5 nitrogen and oxygen atoms in total. The van der Waals surface area contributed by atoms with Gasteiger partial charge in [0.15, 0.2) is 0 Å². The van der Waals surface area contributed by atoms with Crippen LogP contribution >= 0.6 is 0 Å². The first-order valence-corrected chi connectivity index (χ1v) is 7.35. The molecule has 21 heavy (non-hydrogen) atoms. The smallest absolute Gasteiger partial charge is 0.225 e. The molecule has 2 aromatic heterocycles. The second-order valence-electron chi connectivity index (χ2n) is 5.28. The van der Waals surface area contributed by atoms with E-state index in [0.717, 1.165) is 23.5 Å². The highest BCUT2D eigenvalue weighted by molar-refractivity contribution is 5.90. The van der Waals surface area contributed by atoms with Crippen molar-refractivity contribution >= 4 is 11.7 Å². The fourth-order valence-electron chi connectivity index (χ4n) is 2.13. The molecule has 0 aliphatic rings. The highest BCUT2D eigenvalue weighted by Gasteiger charge is 2.13. The summed E-state index contributed by atoms with van der Waals surface area (Å²) in [6, 6.07) is 6.05. The molecule has 1 unspecified atom stereocenters. The van der Waals surface area contributed by atoms with Crippen LogP contribution in [0.5, 0.6) is 0 Å². The molecule has 0 saturated heterocycles. The SMILES string of the molecule is CCC(C)n1nc(C)cc1NC(=O)CCc1ccncc1. The van der Waals surface area contributed by atoms with Gasteiger partial charge in [0.05, 0.1) is 11.7 Å². The molecular weight excluding hydrogens is 264 g/mol. The Labute approximate surface area is 125 Å². The summed E-state index contributed by atoms with van der Waals surface area (Å²) in [5, 5.41) is 7.41. The van der Waals surface area contributed by atoms with Gasteiger partial charge in [0.25, 0.3) is 0 Å². The molecule has 1 atom stereocenters. The molecule has 0 aromatic carbocycles. The zero-order chi connectivity index (χ0) is 15.2. The molecule has 2 rings (SSSR count). The second-order valence-corrected chi connectivity index (χ2v) is 5.28. The molecule has 5 heteroatoms. The Hall–Kier alpha value is -2.17. The molecule has 2 aromatic rings. The standard InChI is InChI=1S/C16H22N4O/c1-4-13(3)20-15(11-12(2)19-20)18-16(21)6-5-14-7-9-17-10-8-14/h7-11,13H,4-6H2,1-3H3,(H,18,21). The fourth-order valence-corrected chi connectivity index (χ4v) is 2.13. The maximum atomic E-state index is 12.1. The highest BCUT2D eigenvalue weighted by Crippen LogP contribution is 2.19. The highest BCUT2D eigenvalue weighted by atomic mass is 16.1. The van der Waals surface area contributed by atoms with Gasteiger partial charge in [-0.1, -0.05) is 6.92 Å². The van der Waals surface area contributed by atoms with Crippen molar-refractivity contribution in [2.75, 3.05) is 5.32 Å². The normalized spacial score (nSPS) is 12.1. The number of carbonyl (C=O) groups excluding carboxylic acids is 1. The van der Waals surface area contributed by atoms with Crippen molar-refractivity contribution < 1.29 is 4.79 Å². The van der Waals surface area contributed by atoms with Crippen molar-refractivity contribution in [2.45, 2.75) is 46.1 Å². The van der Waals surface area contributed by atoms with Crippen molar-refractivity contribution in [3.8, 4) is 0 Å². The van der Waals surface area contributed by atoms with E-state index in [1.807, 2.05) is 29.8 Å². The Morgan fingerprint density at radius 3 is 2.76 bits per heavy atom. The molecule has 0 aliphatic carbocycles. The number of amides is 1. The van der Waals surface area contributed by atoms with E-state index >= 15 is 0 Å². The molecule has 0 fully saturated rings. The number of hydrogen-bond acceptors (Lipinski definition) is 3. The molecule has 112 valence electrons. The number of pyridine rings is 1. The molecule has 0 saturated carbocycles. The Morgan fingerprint density at radius 1 is 1.38 bits per heavy atom. The number of nitrogens with one attached hydrogen (secondary N) is 1. The lowest BCUT2D eigenvalue weighted by Gasteiger charge is -2.14. The zero-order valence-electron chi connectivity index (χ0n) is 12.8. The Balaban J connectivity index is 1.96. The van der Waals surface area contributed by atoms with Gasteiger partial charge >= 0.3 is 0 Å². The van der Waals surface area contributed by atoms with E-state index in [1.54, 1.807) is 12.4 Å². The van der Waals surface area contributed by atoms with Gasteiger partial charge < -0.3 is 5.32 Å². The van der Waals surface area contributed by atoms with Crippen molar-refractivity contribution in [1.82, 2.24) is 14.8 Å². The predicted molar refractivity (Wildman–Crippen MR) is 83.2 cm³/mol. The Bertz CT molecular complexity index is 592. The minimum atomic E-state index is 0.0104. The average Bonchev–Trinajstić information content (AvgIpc) is 2.86. The van der Waals surface area contributed by atoms with Crippen LogP contribution in [-0.2, 0) is 11.2 Å². The second kappa shape index (κ2) is 7.02. The van der Waals surface area contributed by atoms with Gasteiger partial charge in [0, 0.05) is 24.9 Å². The summed E-state index contributed by atoms with van der Waals surface area (Å²) in [7, 11) is 0. The molecular formula is C16H22N4O. The van der Waals surface area contributed by atoms with Gasteiger partial charge in [0.2, 0.25) is 5.91 Å². The molecule has 0 bridgehead atoms. The number of aryl methyl sites for hydroxylation is 2. The quantitative estimate of drug-likeness (QED) is 0.887. The summed E-state index contributed by atoms with van der Waals surface area (Å²) in [4.78, 5) is 16.1. The minimum Gasteiger partial charge on any atom is -0.311 e. The first-order valence-electron chi connectivity index (χ1n) is 7.35. The van der Waals surface area contributed by atoms with Gasteiger partial charge in [-0.2, -0.15) is 5.10 Å². The van der Waals surface area contributed by atoms with Crippen LogP contribution in [0.3, 0.4) is 0 Å². The predicted octanol–water partition coefficient (Wildman–Crippen LogP) is 3.13. The van der Waals surface area contributed by atoms with Crippen molar-refractivity contribution in [3.05, 3.63) is 41.9 Å². The van der Waals surface area contributed by atoms with Crippen LogP contribution in [0.4, 0.5) is 5.82 Å². The fraction of sp³-hybridized carbons (Fsp3) is 0.438. The lowest BCUT2D eigenvalue weighted by Crippen LogP contribution is -2.17. The molecule has 0 aliphatic heterocycles. The molecule has 1 N–H and O–H groups in total. The summed E-state index contributed by atoms with van der Waals surface area (Å²) < 4.78 is 1.89. The van der Waals surface area contributed by atoms with Crippen molar-refractivity contribution in [1.29, 1.82) is 0 Å². The zero-order valence-corrected chi connectivity index (χ0v) is 12.8. The van der Waals surface area contributed by atoms with E-state index in [0.29, 0.717) is 12.8 Å². The number of anilines is 1. The first-order chi connectivity index (χ1) is 10.1. The number of rotatable bonds is 6. The Morgan fingerprint density at radius 2 is 2.10 bits per heavy atom. The van der Waals surface area contributed by atoms with Crippen LogP contribution in [-0.4, -0.2) is 20.7 Å². The average molecular weight is 286 g/mol. The number of carbonyl (C=O) groups is 1. The minimum absolute atomic E-state index is 0.0104.